The summed E-state index contributed by atoms with van der Waals surface area (Å²) in [4.78, 5) is 6.95. The maximum absolute atomic E-state index is 6.01. The molecule has 0 amide bonds. The number of nitrogens with two attached hydrogens (primary N) is 1. The molecule has 1 atom stereocenters. The lowest BCUT2D eigenvalue weighted by Crippen LogP contribution is -2.42. The molecule has 1 saturated heterocycles. The Balaban J connectivity index is 1.78. The molecule has 1 aromatic carbocycles. The van der Waals surface area contributed by atoms with Gasteiger partial charge in [-0.2, -0.15) is 0 Å². The van der Waals surface area contributed by atoms with E-state index in [1.165, 1.54) is 19.4 Å². The van der Waals surface area contributed by atoms with Gasteiger partial charge in [-0.1, -0.05) is 32.4 Å². The van der Waals surface area contributed by atoms with Gasteiger partial charge in [0.1, 0.15) is 5.75 Å². The van der Waals surface area contributed by atoms with Crippen LogP contribution in [-0.2, 0) is 6.54 Å². The predicted molar refractivity (Wildman–Crippen MR) is 100 cm³/mol. The Morgan fingerprint density at radius 3 is 3.08 bits per heavy atom. The van der Waals surface area contributed by atoms with E-state index < -0.39 is 0 Å². The topological polar surface area (TPSA) is 62.9 Å². The minimum atomic E-state index is 0.523. The van der Waals surface area contributed by atoms with Gasteiger partial charge < -0.3 is 15.8 Å². The van der Waals surface area contributed by atoms with E-state index in [0.717, 1.165) is 43.9 Å². The van der Waals surface area contributed by atoms with E-state index in [0.29, 0.717) is 18.5 Å². The van der Waals surface area contributed by atoms with Gasteiger partial charge in [0, 0.05) is 12.6 Å². The predicted octanol–water partition coefficient (Wildman–Crippen LogP) is 2.75. The lowest BCUT2D eigenvalue weighted by molar-refractivity contribution is 0.267. The minimum Gasteiger partial charge on any atom is -0.494 e. The van der Waals surface area contributed by atoms with Crippen LogP contribution in [0.3, 0.4) is 0 Å². The molecule has 0 aliphatic carbocycles. The monoisotopic (exact) mass is 332 g/mol. The normalized spacial score (nSPS) is 18.8. The fourth-order valence-corrected chi connectivity index (χ4v) is 3.07. The molecule has 0 saturated carbocycles. The lowest BCUT2D eigenvalue weighted by Gasteiger charge is -2.23. The first-order valence-corrected chi connectivity index (χ1v) is 9.22. The van der Waals surface area contributed by atoms with Gasteiger partial charge in [-0.15, -0.1) is 0 Å². The highest BCUT2D eigenvalue weighted by atomic mass is 16.5. The molecule has 1 unspecified atom stereocenters. The first kappa shape index (κ1) is 18.6. The van der Waals surface area contributed by atoms with Crippen LogP contribution in [0.5, 0.6) is 5.75 Å². The highest BCUT2D eigenvalue weighted by molar-refractivity contribution is 5.77. The van der Waals surface area contributed by atoms with Crippen LogP contribution >= 0.6 is 0 Å². The van der Waals surface area contributed by atoms with Crippen molar-refractivity contribution < 1.29 is 4.74 Å². The van der Waals surface area contributed by atoms with Crippen molar-refractivity contribution >= 4 is 5.96 Å². The summed E-state index contributed by atoms with van der Waals surface area (Å²) in [5.74, 6) is 1.43. The first-order chi connectivity index (χ1) is 11.7. The second kappa shape index (κ2) is 10.2. The number of benzene rings is 1. The quantitative estimate of drug-likeness (QED) is 0.415. The van der Waals surface area contributed by atoms with Gasteiger partial charge in [-0.3, -0.25) is 4.90 Å². The molecule has 0 bridgehead atoms. The van der Waals surface area contributed by atoms with Crippen molar-refractivity contribution in [3.05, 3.63) is 29.8 Å². The molecule has 1 aliphatic heterocycles. The summed E-state index contributed by atoms with van der Waals surface area (Å²) in [7, 11) is 0. The maximum Gasteiger partial charge on any atom is 0.188 e. The first-order valence-electron chi connectivity index (χ1n) is 9.22. The number of guanidine groups is 1. The van der Waals surface area contributed by atoms with Crippen molar-refractivity contribution in [1.29, 1.82) is 0 Å². The molecule has 0 aromatic heterocycles. The van der Waals surface area contributed by atoms with Crippen LogP contribution in [0.4, 0.5) is 0 Å². The number of nitrogens with zero attached hydrogens (tertiary/aromatic N) is 2. The van der Waals surface area contributed by atoms with Crippen molar-refractivity contribution in [2.45, 2.75) is 52.1 Å². The summed E-state index contributed by atoms with van der Waals surface area (Å²) in [6, 6.07) is 8.68. The number of aliphatic imine (C=N–C) groups is 1. The van der Waals surface area contributed by atoms with Crippen molar-refractivity contribution in [2.75, 3.05) is 26.2 Å². The van der Waals surface area contributed by atoms with E-state index in [9.17, 15) is 0 Å². The average molecular weight is 332 g/mol. The van der Waals surface area contributed by atoms with Gasteiger partial charge in [0.25, 0.3) is 0 Å². The standard InChI is InChI=1S/C19H32N4O/c1-3-5-12-24-18-10-6-8-16(13-18)14-21-19(20)22-15-17-9-7-11-23(17)4-2/h6,8,10,13,17H,3-5,7,9,11-12,14-15H2,1-2H3,(H3,20,21,22). The number of unbranched alkanes of at least 4 members (excludes halogenated alkanes) is 1. The van der Waals surface area contributed by atoms with Gasteiger partial charge >= 0.3 is 0 Å². The molecular weight excluding hydrogens is 300 g/mol. The molecule has 1 aliphatic rings. The molecule has 3 N–H and O–H groups in total. The van der Waals surface area contributed by atoms with E-state index in [-0.39, 0.29) is 0 Å². The van der Waals surface area contributed by atoms with Crippen LogP contribution in [-0.4, -0.2) is 43.1 Å². The number of ether oxygens (including phenoxy) is 1. The molecule has 5 heteroatoms. The zero-order valence-corrected chi connectivity index (χ0v) is 15.1. The van der Waals surface area contributed by atoms with Crippen molar-refractivity contribution in [2.24, 2.45) is 10.7 Å². The van der Waals surface area contributed by atoms with Crippen LogP contribution in [0.2, 0.25) is 0 Å². The smallest absolute Gasteiger partial charge is 0.188 e. The number of likely N-dealkylation sites (N-methyl/N-ethyl adjacent to an activating group) is 1. The molecule has 0 spiro atoms. The van der Waals surface area contributed by atoms with Crippen molar-refractivity contribution in [3.8, 4) is 5.75 Å². The molecular formula is C19H32N4O. The third-order valence-corrected chi connectivity index (χ3v) is 4.52. The van der Waals surface area contributed by atoms with E-state index in [4.69, 9.17) is 10.5 Å². The molecule has 134 valence electrons. The Morgan fingerprint density at radius 1 is 1.42 bits per heavy atom. The van der Waals surface area contributed by atoms with Crippen LogP contribution in [0, 0.1) is 0 Å². The lowest BCUT2D eigenvalue weighted by atomic mass is 10.2. The largest absolute Gasteiger partial charge is 0.494 e. The Labute approximate surface area is 146 Å². The SMILES string of the molecule is CCCCOc1cccc(CN=C(N)NCC2CCCN2CC)c1. The molecule has 2 rings (SSSR count). The van der Waals surface area contributed by atoms with Crippen molar-refractivity contribution in [1.82, 2.24) is 10.2 Å². The van der Waals surface area contributed by atoms with Crippen LogP contribution in [0.15, 0.2) is 29.3 Å². The van der Waals surface area contributed by atoms with Crippen LogP contribution < -0.4 is 15.8 Å². The highest BCUT2D eigenvalue weighted by Gasteiger charge is 2.22. The van der Waals surface area contributed by atoms with Gasteiger partial charge in [0.05, 0.1) is 13.2 Å². The Morgan fingerprint density at radius 2 is 2.29 bits per heavy atom. The Kier molecular flexibility index (Phi) is 7.89. The third-order valence-electron chi connectivity index (χ3n) is 4.52. The molecule has 1 heterocycles. The summed E-state index contributed by atoms with van der Waals surface area (Å²) < 4.78 is 5.73. The summed E-state index contributed by atoms with van der Waals surface area (Å²) in [6.45, 7) is 8.90. The zero-order chi connectivity index (χ0) is 17.2. The molecule has 24 heavy (non-hydrogen) atoms. The molecule has 1 fully saturated rings. The second-order valence-electron chi connectivity index (χ2n) is 6.36. The van der Waals surface area contributed by atoms with Crippen LogP contribution in [0.25, 0.3) is 0 Å². The molecule has 1 aromatic rings. The fourth-order valence-electron chi connectivity index (χ4n) is 3.07. The van der Waals surface area contributed by atoms with E-state index in [1.54, 1.807) is 0 Å². The van der Waals surface area contributed by atoms with Gasteiger partial charge in [-0.25, -0.2) is 4.99 Å². The summed E-state index contributed by atoms with van der Waals surface area (Å²) in [5, 5.41) is 3.27. The summed E-state index contributed by atoms with van der Waals surface area (Å²) >= 11 is 0. The number of rotatable bonds is 9. The summed E-state index contributed by atoms with van der Waals surface area (Å²) in [6.07, 6.45) is 4.74. The average Bonchev–Trinajstić information content (AvgIpc) is 3.06. The minimum absolute atomic E-state index is 0.523. The third kappa shape index (κ3) is 6.04. The Hall–Kier alpha value is -1.75. The molecule has 0 radical (unpaired) electrons. The zero-order valence-electron chi connectivity index (χ0n) is 15.1. The fraction of sp³-hybridized carbons (Fsp3) is 0.632. The molecule has 5 nitrogen and oxygen atoms in total. The highest BCUT2D eigenvalue weighted by Crippen LogP contribution is 2.16. The van der Waals surface area contributed by atoms with E-state index >= 15 is 0 Å². The Bertz CT molecular complexity index is 518. The summed E-state index contributed by atoms with van der Waals surface area (Å²) in [5.41, 5.74) is 7.13. The number of likely N-dealkylation sites (tertiary alicyclic amines) is 1. The van der Waals surface area contributed by atoms with Gasteiger partial charge in [-0.05, 0) is 50.0 Å². The second-order valence-corrected chi connectivity index (χ2v) is 6.36. The maximum atomic E-state index is 6.01. The van der Waals surface area contributed by atoms with Gasteiger partial charge in [0.15, 0.2) is 5.96 Å². The van der Waals surface area contributed by atoms with Crippen molar-refractivity contribution in [3.63, 3.8) is 0 Å². The van der Waals surface area contributed by atoms with Gasteiger partial charge in [0.2, 0.25) is 0 Å². The van der Waals surface area contributed by atoms with E-state index in [2.05, 4.69) is 35.1 Å². The van der Waals surface area contributed by atoms with E-state index in [1.807, 2.05) is 18.2 Å². The number of nitrogens with one attached hydrogen (secondary N) is 1. The van der Waals surface area contributed by atoms with Crippen LogP contribution in [0.1, 0.15) is 45.1 Å². The number of hydrogen-bond donors (Lipinski definition) is 2. The number of hydrogen-bond acceptors (Lipinski definition) is 3.